The van der Waals surface area contributed by atoms with Gasteiger partial charge in [-0.25, -0.2) is 14.6 Å². The van der Waals surface area contributed by atoms with Crippen LogP contribution in [0.5, 0.6) is 0 Å². The zero-order chi connectivity index (χ0) is 29.7. The van der Waals surface area contributed by atoms with Gasteiger partial charge in [-0.3, -0.25) is 19.9 Å². The minimum Gasteiger partial charge on any atom is -0.431 e. The van der Waals surface area contributed by atoms with Crippen molar-refractivity contribution in [1.29, 1.82) is 0 Å². The fraction of sp³-hybridized carbons (Fsp3) is 0.571. The fourth-order valence-corrected chi connectivity index (χ4v) is 5.96. The molecule has 4 rings (SSSR count). The Kier molecular flexibility index (Phi) is 9.46. The van der Waals surface area contributed by atoms with Crippen molar-refractivity contribution in [1.82, 2.24) is 14.9 Å². The van der Waals surface area contributed by atoms with Gasteiger partial charge in [0.1, 0.15) is 17.6 Å². The van der Waals surface area contributed by atoms with Crippen molar-refractivity contribution in [3.8, 4) is 10.4 Å². The van der Waals surface area contributed by atoms with Crippen LogP contribution < -0.4 is 11.1 Å². The molecule has 12 nitrogen and oxygen atoms in total. The molecule has 41 heavy (non-hydrogen) atoms. The molecular formula is C28H37N5O7S. The quantitative estimate of drug-likeness (QED) is 0.331. The van der Waals surface area contributed by atoms with Crippen molar-refractivity contribution in [3.05, 3.63) is 29.7 Å². The van der Waals surface area contributed by atoms with Crippen molar-refractivity contribution in [2.75, 3.05) is 11.9 Å². The molecule has 1 aliphatic heterocycles. The summed E-state index contributed by atoms with van der Waals surface area (Å²) >= 11 is 1.27. The van der Waals surface area contributed by atoms with Crippen LogP contribution in [0.2, 0.25) is 0 Å². The monoisotopic (exact) mass is 587 g/mol. The van der Waals surface area contributed by atoms with Crippen LogP contribution in [0.3, 0.4) is 0 Å². The average molecular weight is 588 g/mol. The third kappa shape index (κ3) is 7.32. The predicted octanol–water partition coefficient (Wildman–Crippen LogP) is 4.65. The van der Waals surface area contributed by atoms with Gasteiger partial charge in [0, 0.05) is 19.7 Å². The molecule has 3 N–H and O–H groups in total. The first-order valence-corrected chi connectivity index (χ1v) is 14.7. The van der Waals surface area contributed by atoms with Crippen LogP contribution >= 0.6 is 11.3 Å². The number of hydrogen-bond donors (Lipinski definition) is 2. The number of anilines is 1. The van der Waals surface area contributed by atoms with Gasteiger partial charge in [-0.1, -0.05) is 17.8 Å². The summed E-state index contributed by atoms with van der Waals surface area (Å²) in [5, 5.41) is 3.15. The van der Waals surface area contributed by atoms with Gasteiger partial charge in [-0.2, -0.15) is 0 Å². The number of nitrogens with one attached hydrogen (secondary N) is 1. The Balaban J connectivity index is 1.40. The highest BCUT2D eigenvalue weighted by Gasteiger charge is 2.36. The topological polar surface area (TPSA) is 163 Å². The molecule has 2 fully saturated rings. The molecule has 1 unspecified atom stereocenters. The van der Waals surface area contributed by atoms with Gasteiger partial charge in [-0.15, -0.1) is 0 Å². The third-order valence-corrected chi connectivity index (χ3v) is 8.50. The normalized spacial score (nSPS) is 18.4. The summed E-state index contributed by atoms with van der Waals surface area (Å²) in [6.07, 6.45) is 5.43. The van der Waals surface area contributed by atoms with Gasteiger partial charge in [0.25, 0.3) is 0 Å². The van der Waals surface area contributed by atoms with Crippen LogP contribution in [0.4, 0.5) is 14.7 Å². The standard InChI is InChI=1S/C28H37N5O7S/c1-16-22(41-25(31-16)32-26(36)33-14-8-11-20(33)23(29)34)18-12-13-30-21(15-18)28(3,4)24(35)38-17(2)39-27(37)40-19-9-6-5-7-10-19/h12-13,15,17,19-20H,5-11,14H2,1-4H3,(H2,29,34)(H,31,32,36)/t17?,20-/m0/s1. The number of carbonyl (C=O) groups excluding carboxylic acids is 4. The van der Waals surface area contributed by atoms with Crippen molar-refractivity contribution in [2.24, 2.45) is 5.73 Å². The van der Waals surface area contributed by atoms with Crippen LogP contribution in [0.15, 0.2) is 18.3 Å². The lowest BCUT2D eigenvalue weighted by atomic mass is 9.88. The second kappa shape index (κ2) is 12.8. The number of nitrogens with two attached hydrogens (primary N) is 1. The number of urea groups is 1. The predicted molar refractivity (Wildman–Crippen MR) is 151 cm³/mol. The number of aryl methyl sites for hydroxylation is 1. The largest absolute Gasteiger partial charge is 0.511 e. The molecule has 2 aliphatic rings. The van der Waals surface area contributed by atoms with Gasteiger partial charge in [0.05, 0.1) is 16.3 Å². The number of nitrogens with zero attached hydrogens (tertiary/aromatic N) is 3. The van der Waals surface area contributed by atoms with Crippen molar-refractivity contribution < 1.29 is 33.4 Å². The first kappa shape index (κ1) is 30.2. The lowest BCUT2D eigenvalue weighted by Gasteiger charge is -2.25. The van der Waals surface area contributed by atoms with E-state index in [9.17, 15) is 19.2 Å². The smallest absolute Gasteiger partial charge is 0.431 e. The number of aromatic nitrogens is 2. The van der Waals surface area contributed by atoms with E-state index in [0.29, 0.717) is 35.9 Å². The molecule has 3 heterocycles. The van der Waals surface area contributed by atoms with Gasteiger partial charge in [-0.05, 0) is 77.0 Å². The number of pyridine rings is 1. The Labute approximate surface area is 242 Å². The lowest BCUT2D eigenvalue weighted by Crippen LogP contribution is -2.45. The summed E-state index contributed by atoms with van der Waals surface area (Å²) in [6.45, 7) is 7.06. The molecule has 13 heteroatoms. The maximum absolute atomic E-state index is 13.1. The van der Waals surface area contributed by atoms with Gasteiger partial charge in [0.15, 0.2) is 5.13 Å². The number of thiazole rings is 1. The van der Waals surface area contributed by atoms with E-state index >= 15 is 0 Å². The van der Waals surface area contributed by atoms with Gasteiger partial charge in [0.2, 0.25) is 12.2 Å². The average Bonchev–Trinajstić information content (AvgIpc) is 3.56. The maximum Gasteiger partial charge on any atom is 0.511 e. The first-order valence-electron chi connectivity index (χ1n) is 13.9. The first-order chi connectivity index (χ1) is 19.5. The second-order valence-corrected chi connectivity index (χ2v) is 11.9. The van der Waals surface area contributed by atoms with E-state index < -0.39 is 41.8 Å². The van der Waals surface area contributed by atoms with Crippen molar-refractivity contribution in [3.63, 3.8) is 0 Å². The molecule has 1 aliphatic carbocycles. The van der Waals surface area contributed by atoms with E-state index in [0.717, 1.165) is 42.5 Å². The third-order valence-electron chi connectivity index (χ3n) is 7.38. The summed E-state index contributed by atoms with van der Waals surface area (Å²) in [6, 6.07) is 2.49. The number of primary amides is 1. The molecule has 1 saturated heterocycles. The number of hydrogen-bond acceptors (Lipinski definition) is 10. The van der Waals surface area contributed by atoms with E-state index in [1.54, 1.807) is 32.2 Å². The minimum atomic E-state index is -1.17. The summed E-state index contributed by atoms with van der Waals surface area (Å²) in [4.78, 5) is 60.8. The van der Waals surface area contributed by atoms with Crippen LogP contribution in [0, 0.1) is 6.92 Å². The van der Waals surface area contributed by atoms with E-state index in [1.165, 1.54) is 23.2 Å². The molecule has 0 radical (unpaired) electrons. The summed E-state index contributed by atoms with van der Waals surface area (Å²) in [5.41, 5.74) is 6.13. The minimum absolute atomic E-state index is 0.168. The number of esters is 1. The molecule has 0 spiro atoms. The van der Waals surface area contributed by atoms with Crippen LogP contribution in [-0.2, 0) is 29.2 Å². The zero-order valence-electron chi connectivity index (χ0n) is 23.8. The number of ether oxygens (including phenoxy) is 3. The molecule has 222 valence electrons. The van der Waals surface area contributed by atoms with Gasteiger partial charge < -0.3 is 24.8 Å². The SMILES string of the molecule is Cc1nc(NC(=O)N2CCC[C@H]2C(N)=O)sc1-c1ccnc(C(C)(C)C(=O)OC(C)OC(=O)OC2CCCCC2)c1. The molecule has 3 amide bonds. The molecule has 2 aromatic rings. The van der Waals surface area contributed by atoms with Crippen molar-refractivity contribution in [2.45, 2.75) is 96.5 Å². The number of amides is 3. The Hall–Kier alpha value is -3.74. The van der Waals surface area contributed by atoms with E-state index in [2.05, 4.69) is 15.3 Å². The van der Waals surface area contributed by atoms with E-state index in [-0.39, 0.29) is 6.10 Å². The molecule has 1 saturated carbocycles. The highest BCUT2D eigenvalue weighted by atomic mass is 32.1. The van der Waals surface area contributed by atoms with Gasteiger partial charge >= 0.3 is 18.2 Å². The molecule has 2 atom stereocenters. The highest BCUT2D eigenvalue weighted by Crippen LogP contribution is 2.35. The lowest BCUT2D eigenvalue weighted by molar-refractivity contribution is -0.174. The molecular weight excluding hydrogens is 550 g/mol. The molecule has 0 aromatic carbocycles. The van der Waals surface area contributed by atoms with E-state index in [1.807, 2.05) is 6.92 Å². The number of rotatable bonds is 8. The highest BCUT2D eigenvalue weighted by molar-refractivity contribution is 7.19. The summed E-state index contributed by atoms with van der Waals surface area (Å²) in [5.74, 6) is -1.15. The number of likely N-dealkylation sites (tertiary alicyclic amines) is 1. The Bertz CT molecular complexity index is 1290. The Morgan fingerprint density at radius 2 is 1.85 bits per heavy atom. The zero-order valence-corrected chi connectivity index (χ0v) is 24.6. The maximum atomic E-state index is 13.1. The van der Waals surface area contributed by atoms with Crippen LogP contribution in [0.1, 0.15) is 77.1 Å². The van der Waals surface area contributed by atoms with E-state index in [4.69, 9.17) is 19.9 Å². The van der Waals surface area contributed by atoms with Crippen molar-refractivity contribution >= 4 is 40.5 Å². The summed E-state index contributed by atoms with van der Waals surface area (Å²) in [7, 11) is 0. The molecule has 2 aromatic heterocycles. The van der Waals surface area contributed by atoms with Crippen LogP contribution in [0.25, 0.3) is 10.4 Å². The molecule has 0 bridgehead atoms. The number of carbonyl (C=O) groups is 4. The Morgan fingerprint density at radius 1 is 1.12 bits per heavy atom. The summed E-state index contributed by atoms with van der Waals surface area (Å²) < 4.78 is 15.9. The van der Waals surface area contributed by atoms with Crippen LogP contribution in [-0.4, -0.2) is 63.9 Å². The fourth-order valence-electron chi connectivity index (χ4n) is 5.01. The second-order valence-electron chi connectivity index (χ2n) is 10.9. The Morgan fingerprint density at radius 3 is 2.56 bits per heavy atom.